The Bertz CT molecular complexity index is 245. The Hall–Kier alpha value is -0.860. The lowest BCUT2D eigenvalue weighted by molar-refractivity contribution is 0.281. The zero-order chi connectivity index (χ0) is 8.97. The van der Waals surface area contributed by atoms with Crippen LogP contribution in [0.1, 0.15) is 18.1 Å². The monoisotopic (exact) mass is 165 g/mol. The second-order valence-electron chi connectivity index (χ2n) is 2.80. The minimum Gasteiger partial charge on any atom is -0.395 e. The van der Waals surface area contributed by atoms with Gasteiger partial charge in [-0.3, -0.25) is 0 Å². The standard InChI is InChI=1S/C10H13O2/c1-8(6-11)10-4-2-3-9(5-10)7-12/h2-5,11-12H,6-7H2,1H3. The van der Waals surface area contributed by atoms with E-state index in [-0.39, 0.29) is 13.2 Å². The molecule has 1 aromatic rings. The van der Waals surface area contributed by atoms with Crippen LogP contribution in [0, 0.1) is 5.92 Å². The van der Waals surface area contributed by atoms with Gasteiger partial charge in [0.05, 0.1) is 13.2 Å². The molecule has 0 aromatic heterocycles. The van der Waals surface area contributed by atoms with Crippen LogP contribution in [-0.2, 0) is 6.61 Å². The summed E-state index contributed by atoms with van der Waals surface area (Å²) < 4.78 is 0. The van der Waals surface area contributed by atoms with Crippen molar-refractivity contribution in [1.29, 1.82) is 0 Å². The van der Waals surface area contributed by atoms with Crippen molar-refractivity contribution in [2.75, 3.05) is 6.61 Å². The predicted octanol–water partition coefficient (Wildman–Crippen LogP) is 1.11. The fourth-order valence-corrected chi connectivity index (χ4v) is 1.03. The molecule has 2 nitrogen and oxygen atoms in total. The maximum Gasteiger partial charge on any atom is 0.0681 e. The molecule has 65 valence electrons. The molecule has 1 aromatic carbocycles. The lowest BCUT2D eigenvalue weighted by atomic mass is 10.0. The minimum absolute atomic E-state index is 0.0482. The Morgan fingerprint density at radius 3 is 2.67 bits per heavy atom. The maximum absolute atomic E-state index is 8.85. The highest BCUT2D eigenvalue weighted by molar-refractivity contribution is 5.33. The molecule has 0 aliphatic carbocycles. The van der Waals surface area contributed by atoms with E-state index in [1.54, 1.807) is 0 Å². The van der Waals surface area contributed by atoms with Gasteiger partial charge in [-0.15, -0.1) is 0 Å². The van der Waals surface area contributed by atoms with Crippen LogP contribution in [0.3, 0.4) is 0 Å². The molecule has 2 N–H and O–H groups in total. The van der Waals surface area contributed by atoms with Crippen LogP contribution in [0.25, 0.3) is 0 Å². The van der Waals surface area contributed by atoms with Gasteiger partial charge in [-0.1, -0.05) is 31.2 Å². The summed E-state index contributed by atoms with van der Waals surface area (Å²) in [6.45, 7) is 1.98. The van der Waals surface area contributed by atoms with E-state index in [0.29, 0.717) is 0 Å². The third-order valence-corrected chi connectivity index (χ3v) is 1.84. The molecule has 12 heavy (non-hydrogen) atoms. The van der Waals surface area contributed by atoms with Crippen molar-refractivity contribution in [3.05, 3.63) is 41.3 Å². The topological polar surface area (TPSA) is 40.5 Å². The highest BCUT2D eigenvalue weighted by Gasteiger charge is 2.03. The molecule has 0 saturated carbocycles. The molecule has 0 spiro atoms. The van der Waals surface area contributed by atoms with Crippen molar-refractivity contribution in [2.24, 2.45) is 0 Å². The maximum atomic E-state index is 8.85. The molecular formula is C10H13O2. The first-order chi connectivity index (χ1) is 5.77. The second-order valence-corrected chi connectivity index (χ2v) is 2.80. The highest BCUT2D eigenvalue weighted by Crippen LogP contribution is 2.14. The molecule has 0 aliphatic heterocycles. The van der Waals surface area contributed by atoms with Gasteiger partial charge >= 0.3 is 0 Å². The molecular weight excluding hydrogens is 152 g/mol. The normalized spacial score (nSPS) is 10.7. The lowest BCUT2D eigenvalue weighted by Gasteiger charge is -2.07. The summed E-state index contributed by atoms with van der Waals surface area (Å²) in [6, 6.07) is 7.53. The summed E-state index contributed by atoms with van der Waals surface area (Å²) in [5.74, 6) is 0.922. The molecule has 0 atom stereocenters. The first kappa shape index (κ1) is 9.23. The van der Waals surface area contributed by atoms with E-state index in [1.807, 2.05) is 31.2 Å². The molecule has 1 radical (unpaired) electrons. The molecule has 1 rings (SSSR count). The first-order valence-electron chi connectivity index (χ1n) is 3.91. The van der Waals surface area contributed by atoms with Gasteiger partial charge in [0.25, 0.3) is 0 Å². The van der Waals surface area contributed by atoms with Crippen molar-refractivity contribution < 1.29 is 10.2 Å². The Morgan fingerprint density at radius 1 is 1.33 bits per heavy atom. The van der Waals surface area contributed by atoms with Gasteiger partial charge in [0, 0.05) is 5.92 Å². The Morgan fingerprint density at radius 2 is 2.08 bits per heavy atom. The Labute approximate surface area is 72.5 Å². The van der Waals surface area contributed by atoms with Crippen LogP contribution in [0.2, 0.25) is 0 Å². The average Bonchev–Trinajstić information content (AvgIpc) is 2.17. The summed E-state index contributed by atoms with van der Waals surface area (Å²) in [7, 11) is 0. The van der Waals surface area contributed by atoms with E-state index in [2.05, 4.69) is 0 Å². The van der Waals surface area contributed by atoms with E-state index in [1.165, 1.54) is 0 Å². The fourth-order valence-electron chi connectivity index (χ4n) is 1.03. The van der Waals surface area contributed by atoms with Gasteiger partial charge in [0.2, 0.25) is 0 Å². The van der Waals surface area contributed by atoms with Crippen molar-refractivity contribution in [2.45, 2.75) is 13.5 Å². The molecule has 2 heteroatoms. The number of benzene rings is 1. The summed E-state index contributed by atoms with van der Waals surface area (Å²) in [6.07, 6.45) is 0. The van der Waals surface area contributed by atoms with E-state index >= 15 is 0 Å². The summed E-state index contributed by atoms with van der Waals surface area (Å²) in [5.41, 5.74) is 1.87. The zero-order valence-corrected chi connectivity index (χ0v) is 7.12. The van der Waals surface area contributed by atoms with Crippen LogP contribution in [0.4, 0.5) is 0 Å². The first-order valence-corrected chi connectivity index (χ1v) is 3.91. The van der Waals surface area contributed by atoms with Gasteiger partial charge in [-0.25, -0.2) is 0 Å². The number of hydrogen-bond donors (Lipinski definition) is 2. The van der Waals surface area contributed by atoms with Crippen LogP contribution >= 0.6 is 0 Å². The summed E-state index contributed by atoms with van der Waals surface area (Å²) >= 11 is 0. The molecule has 0 amide bonds. The van der Waals surface area contributed by atoms with Crippen LogP contribution in [0.5, 0.6) is 0 Å². The number of hydrogen-bond acceptors (Lipinski definition) is 2. The largest absolute Gasteiger partial charge is 0.395 e. The minimum atomic E-state index is 0.0482. The van der Waals surface area contributed by atoms with Crippen molar-refractivity contribution in [1.82, 2.24) is 0 Å². The number of aliphatic hydroxyl groups is 2. The fraction of sp³-hybridized carbons (Fsp3) is 0.300. The van der Waals surface area contributed by atoms with Crippen molar-refractivity contribution >= 4 is 0 Å². The van der Waals surface area contributed by atoms with E-state index in [4.69, 9.17) is 10.2 Å². The molecule has 0 fully saturated rings. The predicted molar refractivity (Wildman–Crippen MR) is 47.5 cm³/mol. The molecule has 0 aliphatic rings. The van der Waals surface area contributed by atoms with Crippen LogP contribution in [0.15, 0.2) is 24.3 Å². The van der Waals surface area contributed by atoms with E-state index in [0.717, 1.165) is 17.0 Å². The number of aliphatic hydroxyl groups excluding tert-OH is 2. The molecule has 0 saturated heterocycles. The molecule has 0 bridgehead atoms. The molecule has 0 unspecified atom stereocenters. The second kappa shape index (κ2) is 4.24. The third kappa shape index (κ3) is 2.06. The Balaban J connectivity index is 2.86. The third-order valence-electron chi connectivity index (χ3n) is 1.84. The van der Waals surface area contributed by atoms with Gasteiger partial charge in [-0.2, -0.15) is 0 Å². The molecule has 0 heterocycles. The van der Waals surface area contributed by atoms with Crippen LogP contribution in [-0.4, -0.2) is 16.8 Å². The quantitative estimate of drug-likeness (QED) is 0.704. The van der Waals surface area contributed by atoms with Gasteiger partial charge in [0.1, 0.15) is 0 Å². The lowest BCUT2D eigenvalue weighted by Crippen LogP contribution is -2.00. The van der Waals surface area contributed by atoms with Crippen molar-refractivity contribution in [3.8, 4) is 0 Å². The zero-order valence-electron chi connectivity index (χ0n) is 7.12. The SMILES string of the molecule is C[C](CO)c1cccc(CO)c1. The smallest absolute Gasteiger partial charge is 0.0681 e. The van der Waals surface area contributed by atoms with E-state index in [9.17, 15) is 0 Å². The average molecular weight is 165 g/mol. The summed E-state index contributed by atoms with van der Waals surface area (Å²) in [4.78, 5) is 0. The van der Waals surface area contributed by atoms with Gasteiger partial charge < -0.3 is 10.2 Å². The highest BCUT2D eigenvalue weighted by atomic mass is 16.3. The summed E-state index contributed by atoms with van der Waals surface area (Å²) in [5, 5.41) is 17.7. The van der Waals surface area contributed by atoms with Gasteiger partial charge in [-0.05, 0) is 11.1 Å². The Kier molecular flexibility index (Phi) is 3.26. The van der Waals surface area contributed by atoms with Crippen molar-refractivity contribution in [3.63, 3.8) is 0 Å². The van der Waals surface area contributed by atoms with Crippen LogP contribution < -0.4 is 0 Å². The number of rotatable bonds is 3. The van der Waals surface area contributed by atoms with Gasteiger partial charge in [0.15, 0.2) is 0 Å². The van der Waals surface area contributed by atoms with E-state index < -0.39 is 0 Å².